The van der Waals surface area contributed by atoms with Gasteiger partial charge in [0, 0.05) is 0 Å². The van der Waals surface area contributed by atoms with E-state index in [0.29, 0.717) is 24.0 Å². The number of aryl methyl sites for hydroxylation is 2. The second kappa shape index (κ2) is 7.50. The Morgan fingerprint density at radius 3 is 2.44 bits per heavy atom. The van der Waals surface area contributed by atoms with E-state index >= 15 is 0 Å². The van der Waals surface area contributed by atoms with E-state index < -0.39 is 0 Å². The smallest absolute Gasteiger partial charge is 0.236 e. The van der Waals surface area contributed by atoms with Crippen molar-refractivity contribution in [3.05, 3.63) is 89.1 Å². The Morgan fingerprint density at radius 2 is 1.67 bits per heavy atom. The van der Waals surface area contributed by atoms with Crippen molar-refractivity contribution in [2.75, 3.05) is 6.61 Å². The molecular formula is C22H20N4O. The maximum absolute atomic E-state index is 5.77. The molecule has 0 unspecified atom stereocenters. The molecular weight excluding hydrogens is 336 g/mol. The summed E-state index contributed by atoms with van der Waals surface area (Å²) in [5, 5.41) is 8.58. The van der Waals surface area contributed by atoms with E-state index in [1.165, 1.54) is 0 Å². The molecule has 1 aliphatic heterocycles. The molecule has 2 heterocycles. The van der Waals surface area contributed by atoms with Gasteiger partial charge in [0.2, 0.25) is 5.90 Å². The predicted molar refractivity (Wildman–Crippen MR) is 106 cm³/mol. The first-order valence-electron chi connectivity index (χ1n) is 8.90. The van der Waals surface area contributed by atoms with Crippen molar-refractivity contribution < 1.29 is 4.74 Å². The standard InChI is InChI=1S/C22H20N4O/c1-15-11-16(2)13-18(12-15)25-26-21-10-6-9-19(23-21)22-24-20(14-27-22)17-7-4-3-5-8-17/h3-13,20H,14H2,1-2H3/t20-/m1/s1. The minimum atomic E-state index is 0.00329. The third-order valence-electron chi connectivity index (χ3n) is 4.26. The molecule has 0 spiro atoms. The van der Waals surface area contributed by atoms with Gasteiger partial charge in [0.15, 0.2) is 5.82 Å². The Kier molecular flexibility index (Phi) is 4.75. The van der Waals surface area contributed by atoms with Gasteiger partial charge >= 0.3 is 0 Å². The number of pyridine rings is 1. The molecule has 2 aromatic carbocycles. The normalized spacial score (nSPS) is 16.4. The summed E-state index contributed by atoms with van der Waals surface area (Å²) in [7, 11) is 0. The maximum Gasteiger partial charge on any atom is 0.236 e. The molecule has 0 amide bonds. The number of nitrogens with zero attached hydrogens (tertiary/aromatic N) is 4. The van der Waals surface area contributed by atoms with Gasteiger partial charge in [0.1, 0.15) is 18.3 Å². The molecule has 27 heavy (non-hydrogen) atoms. The molecule has 0 saturated carbocycles. The highest BCUT2D eigenvalue weighted by Gasteiger charge is 2.22. The van der Waals surface area contributed by atoms with Crippen LogP contribution < -0.4 is 0 Å². The van der Waals surface area contributed by atoms with E-state index in [-0.39, 0.29) is 6.04 Å². The monoisotopic (exact) mass is 356 g/mol. The zero-order valence-corrected chi connectivity index (χ0v) is 15.3. The van der Waals surface area contributed by atoms with Gasteiger partial charge in [-0.05, 0) is 54.8 Å². The summed E-state index contributed by atoms with van der Waals surface area (Å²) in [4.78, 5) is 9.20. The van der Waals surface area contributed by atoms with Crippen LogP contribution in [0.25, 0.3) is 0 Å². The molecule has 1 aliphatic rings. The molecule has 0 aliphatic carbocycles. The predicted octanol–water partition coefficient (Wildman–Crippen LogP) is 5.63. The SMILES string of the molecule is Cc1cc(C)cc(N=Nc2cccc(C3=N[C@@H](c4ccccc4)CO3)n2)c1. The zero-order chi connectivity index (χ0) is 18.6. The van der Waals surface area contributed by atoms with Crippen molar-refractivity contribution in [3.63, 3.8) is 0 Å². The fourth-order valence-corrected chi connectivity index (χ4v) is 3.08. The molecule has 0 fully saturated rings. The summed E-state index contributed by atoms with van der Waals surface area (Å²) in [6.07, 6.45) is 0. The van der Waals surface area contributed by atoms with Crippen LogP contribution in [0.5, 0.6) is 0 Å². The third kappa shape index (κ3) is 4.08. The highest BCUT2D eigenvalue weighted by Crippen LogP contribution is 2.25. The van der Waals surface area contributed by atoms with Crippen LogP contribution in [-0.4, -0.2) is 17.5 Å². The fourth-order valence-electron chi connectivity index (χ4n) is 3.08. The molecule has 3 aromatic rings. The number of rotatable bonds is 4. The summed E-state index contributed by atoms with van der Waals surface area (Å²) in [6, 6.07) is 21.8. The van der Waals surface area contributed by atoms with Gasteiger partial charge in [0.25, 0.3) is 0 Å². The zero-order valence-electron chi connectivity index (χ0n) is 15.3. The molecule has 134 valence electrons. The Hall–Kier alpha value is -3.34. The molecule has 0 radical (unpaired) electrons. The Bertz CT molecular complexity index is 992. The molecule has 1 aromatic heterocycles. The van der Waals surface area contributed by atoms with Gasteiger partial charge < -0.3 is 4.74 Å². The van der Waals surface area contributed by atoms with E-state index in [4.69, 9.17) is 4.74 Å². The first-order valence-corrected chi connectivity index (χ1v) is 8.90. The Balaban J connectivity index is 1.55. The van der Waals surface area contributed by atoms with Crippen molar-refractivity contribution >= 4 is 17.4 Å². The maximum atomic E-state index is 5.77. The number of aliphatic imine (C=N–C) groups is 1. The second-order valence-corrected chi connectivity index (χ2v) is 6.60. The highest BCUT2D eigenvalue weighted by molar-refractivity contribution is 5.93. The lowest BCUT2D eigenvalue weighted by molar-refractivity contribution is 0.319. The third-order valence-corrected chi connectivity index (χ3v) is 4.26. The highest BCUT2D eigenvalue weighted by atomic mass is 16.5. The lowest BCUT2D eigenvalue weighted by Gasteiger charge is -2.03. The van der Waals surface area contributed by atoms with E-state index in [2.05, 4.69) is 38.4 Å². The van der Waals surface area contributed by atoms with Crippen molar-refractivity contribution in [2.24, 2.45) is 15.2 Å². The van der Waals surface area contributed by atoms with Crippen LogP contribution in [-0.2, 0) is 4.74 Å². The van der Waals surface area contributed by atoms with E-state index in [9.17, 15) is 0 Å². The van der Waals surface area contributed by atoms with Crippen LogP contribution in [0.3, 0.4) is 0 Å². The molecule has 0 bridgehead atoms. The van der Waals surface area contributed by atoms with Gasteiger partial charge in [-0.2, -0.15) is 0 Å². The summed E-state index contributed by atoms with van der Waals surface area (Å²) < 4.78 is 5.77. The topological polar surface area (TPSA) is 59.2 Å². The number of azo groups is 1. The average molecular weight is 356 g/mol. The number of benzene rings is 2. The number of hydrogen-bond acceptors (Lipinski definition) is 5. The lowest BCUT2D eigenvalue weighted by atomic mass is 10.1. The first kappa shape index (κ1) is 17.1. The minimum Gasteiger partial charge on any atom is -0.474 e. The van der Waals surface area contributed by atoms with Gasteiger partial charge in [-0.25, -0.2) is 9.98 Å². The number of aromatic nitrogens is 1. The van der Waals surface area contributed by atoms with Gasteiger partial charge in [-0.1, -0.05) is 42.5 Å². The van der Waals surface area contributed by atoms with E-state index in [0.717, 1.165) is 22.4 Å². The van der Waals surface area contributed by atoms with Crippen LogP contribution in [0.15, 0.2) is 82.0 Å². The van der Waals surface area contributed by atoms with Gasteiger partial charge in [-0.3, -0.25) is 0 Å². The van der Waals surface area contributed by atoms with Crippen LogP contribution in [0, 0.1) is 13.8 Å². The summed E-state index contributed by atoms with van der Waals surface area (Å²) in [5.41, 5.74) is 4.94. The first-order chi connectivity index (χ1) is 13.2. The number of hydrogen-bond donors (Lipinski definition) is 0. The minimum absolute atomic E-state index is 0.00329. The largest absolute Gasteiger partial charge is 0.474 e. The van der Waals surface area contributed by atoms with Crippen LogP contribution in [0.1, 0.15) is 28.4 Å². The van der Waals surface area contributed by atoms with Crippen molar-refractivity contribution in [1.82, 2.24) is 4.98 Å². The summed E-state index contributed by atoms with van der Waals surface area (Å²) >= 11 is 0. The van der Waals surface area contributed by atoms with Crippen LogP contribution >= 0.6 is 0 Å². The van der Waals surface area contributed by atoms with Gasteiger partial charge in [0.05, 0.1) is 5.69 Å². The second-order valence-electron chi connectivity index (χ2n) is 6.60. The Labute approximate surface area is 158 Å². The Morgan fingerprint density at radius 1 is 0.889 bits per heavy atom. The fraction of sp³-hybridized carbons (Fsp3) is 0.182. The van der Waals surface area contributed by atoms with Gasteiger partial charge in [-0.15, -0.1) is 10.2 Å². The molecule has 0 saturated heterocycles. The molecule has 5 heteroatoms. The van der Waals surface area contributed by atoms with Crippen LogP contribution in [0.4, 0.5) is 11.5 Å². The molecule has 4 rings (SSSR count). The lowest BCUT2D eigenvalue weighted by Crippen LogP contribution is -2.03. The number of ether oxygens (including phenoxy) is 1. The van der Waals surface area contributed by atoms with E-state index in [1.807, 2.05) is 62.4 Å². The van der Waals surface area contributed by atoms with Crippen molar-refractivity contribution in [3.8, 4) is 0 Å². The molecule has 0 N–H and O–H groups in total. The van der Waals surface area contributed by atoms with Crippen LogP contribution in [0.2, 0.25) is 0 Å². The molecule has 5 nitrogen and oxygen atoms in total. The quantitative estimate of drug-likeness (QED) is 0.569. The summed E-state index contributed by atoms with van der Waals surface area (Å²) in [5.74, 6) is 1.08. The average Bonchev–Trinajstić information content (AvgIpc) is 3.17. The molecule has 1 atom stereocenters. The summed E-state index contributed by atoms with van der Waals surface area (Å²) in [6.45, 7) is 4.61. The van der Waals surface area contributed by atoms with Crippen molar-refractivity contribution in [1.29, 1.82) is 0 Å². The van der Waals surface area contributed by atoms with E-state index in [1.54, 1.807) is 0 Å². The van der Waals surface area contributed by atoms with Crippen molar-refractivity contribution in [2.45, 2.75) is 19.9 Å².